The van der Waals surface area contributed by atoms with Crippen molar-refractivity contribution in [1.29, 1.82) is 0 Å². The van der Waals surface area contributed by atoms with Gasteiger partial charge >= 0.3 is 5.97 Å². The third kappa shape index (κ3) is 2.12. The lowest BCUT2D eigenvalue weighted by atomic mass is 9.58. The second-order valence-corrected chi connectivity index (χ2v) is 6.03. The minimum atomic E-state index is -1.15. The van der Waals surface area contributed by atoms with Crippen molar-refractivity contribution < 1.29 is 19.4 Å². The number of nitrogens with one attached hydrogen (secondary N) is 1. The Hall–Kier alpha value is -1.10. The molecule has 0 aliphatic heterocycles. The van der Waals surface area contributed by atoms with Gasteiger partial charge in [-0.15, -0.1) is 0 Å². The maximum atomic E-state index is 12.2. The summed E-state index contributed by atoms with van der Waals surface area (Å²) in [5, 5.41) is 12.2. The van der Waals surface area contributed by atoms with Crippen LogP contribution in [-0.2, 0) is 14.3 Å². The van der Waals surface area contributed by atoms with E-state index in [2.05, 4.69) is 19.2 Å². The van der Waals surface area contributed by atoms with E-state index in [1.54, 1.807) is 0 Å². The Kier molecular flexibility index (Phi) is 4.09. The lowest BCUT2D eigenvalue weighted by Gasteiger charge is -2.55. The molecule has 2 atom stereocenters. The van der Waals surface area contributed by atoms with Gasteiger partial charge in [-0.1, -0.05) is 13.8 Å². The Labute approximate surface area is 120 Å². The van der Waals surface area contributed by atoms with Crippen LogP contribution in [0, 0.1) is 10.8 Å². The molecule has 1 amide bonds. The summed E-state index contributed by atoms with van der Waals surface area (Å²) in [6.45, 7) is 6.87. The molecule has 5 nitrogen and oxygen atoms in total. The number of carbonyl (C=O) groups is 2. The molecule has 0 saturated heterocycles. The quantitative estimate of drug-likeness (QED) is 0.700. The molecule has 0 radical (unpaired) electrons. The standard InChI is InChI=1S/C15H25NO4/c1-4-14(5-2)10(9-11(14)20-6-3)16-12(17)15(7-8-15)13(18)19/h10-11H,4-9H2,1-3H3,(H,16,17)(H,18,19)/t10-,11-/m1/s1. The molecule has 20 heavy (non-hydrogen) atoms. The third-order valence-corrected chi connectivity index (χ3v) is 5.37. The van der Waals surface area contributed by atoms with Gasteiger partial charge in [0.15, 0.2) is 0 Å². The number of amides is 1. The second kappa shape index (κ2) is 5.35. The minimum absolute atomic E-state index is 0.0402. The van der Waals surface area contributed by atoms with Gasteiger partial charge in [0.25, 0.3) is 0 Å². The summed E-state index contributed by atoms with van der Waals surface area (Å²) >= 11 is 0. The summed E-state index contributed by atoms with van der Waals surface area (Å²) in [6, 6.07) is 0.0402. The molecule has 2 aliphatic carbocycles. The monoisotopic (exact) mass is 283 g/mol. The number of carboxylic acid groups (broad SMARTS) is 1. The molecule has 2 rings (SSSR count). The molecule has 2 saturated carbocycles. The molecule has 2 N–H and O–H groups in total. The molecular weight excluding hydrogens is 258 g/mol. The van der Waals surface area contributed by atoms with Gasteiger partial charge in [0.2, 0.25) is 5.91 Å². The molecule has 0 unspecified atom stereocenters. The highest BCUT2D eigenvalue weighted by atomic mass is 16.5. The molecule has 0 spiro atoms. The first kappa shape index (κ1) is 15.3. The summed E-state index contributed by atoms with van der Waals surface area (Å²) in [4.78, 5) is 23.4. The summed E-state index contributed by atoms with van der Waals surface area (Å²) in [6.07, 6.45) is 3.74. The van der Waals surface area contributed by atoms with Gasteiger partial charge < -0.3 is 15.2 Å². The molecule has 2 aliphatic rings. The van der Waals surface area contributed by atoms with Crippen molar-refractivity contribution in [1.82, 2.24) is 5.32 Å². The van der Waals surface area contributed by atoms with Crippen LogP contribution in [0.5, 0.6) is 0 Å². The molecule has 0 aromatic heterocycles. The molecule has 0 bridgehead atoms. The molecule has 114 valence electrons. The SMILES string of the molecule is CCO[C@@H]1C[C@@H](NC(=O)C2(C(=O)O)CC2)C1(CC)CC. The predicted octanol–water partition coefficient (Wildman–Crippen LogP) is 1.95. The van der Waals surface area contributed by atoms with Gasteiger partial charge in [-0.05, 0) is 39.0 Å². The van der Waals surface area contributed by atoms with Crippen LogP contribution in [-0.4, -0.2) is 35.7 Å². The van der Waals surface area contributed by atoms with Gasteiger partial charge in [-0.3, -0.25) is 9.59 Å². The molecule has 5 heteroatoms. The van der Waals surface area contributed by atoms with E-state index < -0.39 is 11.4 Å². The number of aliphatic carboxylic acids is 1. The Bertz CT molecular complexity index is 399. The number of ether oxygens (including phenoxy) is 1. The van der Waals surface area contributed by atoms with E-state index in [1.807, 2.05) is 6.92 Å². The number of rotatable bonds is 7. The van der Waals surface area contributed by atoms with E-state index in [0.29, 0.717) is 19.4 Å². The largest absolute Gasteiger partial charge is 0.480 e. The first-order valence-corrected chi connectivity index (χ1v) is 7.62. The number of carbonyl (C=O) groups excluding carboxylic acids is 1. The highest BCUT2D eigenvalue weighted by molar-refractivity contribution is 6.05. The smallest absolute Gasteiger partial charge is 0.319 e. The van der Waals surface area contributed by atoms with Gasteiger partial charge in [-0.2, -0.15) is 0 Å². The van der Waals surface area contributed by atoms with Gasteiger partial charge in [0.1, 0.15) is 5.41 Å². The maximum Gasteiger partial charge on any atom is 0.319 e. The van der Waals surface area contributed by atoms with Crippen molar-refractivity contribution in [2.45, 2.75) is 65.0 Å². The minimum Gasteiger partial charge on any atom is -0.480 e. The number of carboxylic acids is 1. The molecule has 0 heterocycles. The fourth-order valence-electron chi connectivity index (χ4n) is 3.54. The van der Waals surface area contributed by atoms with Crippen molar-refractivity contribution in [2.75, 3.05) is 6.61 Å². The summed E-state index contributed by atoms with van der Waals surface area (Å²) in [5.74, 6) is -1.30. The zero-order valence-corrected chi connectivity index (χ0v) is 12.6. The molecular formula is C15H25NO4. The van der Waals surface area contributed by atoms with E-state index in [-0.39, 0.29) is 23.5 Å². The lowest BCUT2D eigenvalue weighted by Crippen LogP contribution is -2.65. The van der Waals surface area contributed by atoms with E-state index in [0.717, 1.165) is 19.3 Å². The van der Waals surface area contributed by atoms with Crippen LogP contribution in [0.3, 0.4) is 0 Å². The zero-order valence-electron chi connectivity index (χ0n) is 12.6. The van der Waals surface area contributed by atoms with Gasteiger partial charge in [-0.25, -0.2) is 0 Å². The third-order valence-electron chi connectivity index (χ3n) is 5.37. The topological polar surface area (TPSA) is 75.6 Å². The highest BCUT2D eigenvalue weighted by Gasteiger charge is 2.60. The van der Waals surface area contributed by atoms with Crippen LogP contribution in [0.1, 0.15) is 52.9 Å². The van der Waals surface area contributed by atoms with E-state index >= 15 is 0 Å². The van der Waals surface area contributed by atoms with Crippen LogP contribution >= 0.6 is 0 Å². The molecule has 0 aromatic carbocycles. The van der Waals surface area contributed by atoms with Gasteiger partial charge in [0, 0.05) is 18.1 Å². The summed E-state index contributed by atoms with van der Waals surface area (Å²) < 4.78 is 5.77. The fourth-order valence-corrected chi connectivity index (χ4v) is 3.54. The maximum absolute atomic E-state index is 12.2. The van der Waals surface area contributed by atoms with E-state index in [1.165, 1.54) is 0 Å². The normalized spacial score (nSPS) is 29.4. The Morgan fingerprint density at radius 1 is 1.25 bits per heavy atom. The molecule has 2 fully saturated rings. The van der Waals surface area contributed by atoms with Crippen molar-refractivity contribution in [3.63, 3.8) is 0 Å². The van der Waals surface area contributed by atoms with E-state index in [9.17, 15) is 14.7 Å². The first-order chi connectivity index (χ1) is 9.46. The van der Waals surface area contributed by atoms with Crippen LogP contribution in [0.25, 0.3) is 0 Å². The lowest BCUT2D eigenvalue weighted by molar-refractivity contribution is -0.157. The highest BCUT2D eigenvalue weighted by Crippen LogP contribution is 2.51. The predicted molar refractivity (Wildman–Crippen MR) is 74.3 cm³/mol. The number of hydrogen-bond acceptors (Lipinski definition) is 3. The van der Waals surface area contributed by atoms with Crippen LogP contribution in [0.2, 0.25) is 0 Å². The average Bonchev–Trinajstić information content (AvgIpc) is 3.20. The first-order valence-electron chi connectivity index (χ1n) is 7.62. The van der Waals surface area contributed by atoms with Crippen molar-refractivity contribution in [3.8, 4) is 0 Å². The fraction of sp³-hybridized carbons (Fsp3) is 0.867. The summed E-state index contributed by atoms with van der Waals surface area (Å²) in [7, 11) is 0. The molecule has 0 aromatic rings. The second-order valence-electron chi connectivity index (χ2n) is 6.03. The Morgan fingerprint density at radius 3 is 2.25 bits per heavy atom. The zero-order chi connectivity index (χ0) is 15.0. The van der Waals surface area contributed by atoms with Gasteiger partial charge in [0.05, 0.1) is 6.10 Å². The van der Waals surface area contributed by atoms with Crippen LogP contribution in [0.4, 0.5) is 0 Å². The van der Waals surface area contributed by atoms with Crippen LogP contribution in [0.15, 0.2) is 0 Å². The Balaban J connectivity index is 2.03. The summed E-state index contributed by atoms with van der Waals surface area (Å²) in [5.41, 5.74) is -1.19. The van der Waals surface area contributed by atoms with Crippen molar-refractivity contribution >= 4 is 11.9 Å². The van der Waals surface area contributed by atoms with Crippen molar-refractivity contribution in [2.24, 2.45) is 10.8 Å². The average molecular weight is 283 g/mol. The Morgan fingerprint density at radius 2 is 1.85 bits per heavy atom. The number of hydrogen-bond donors (Lipinski definition) is 2. The van der Waals surface area contributed by atoms with Crippen LogP contribution < -0.4 is 5.32 Å². The van der Waals surface area contributed by atoms with E-state index in [4.69, 9.17) is 4.74 Å². The van der Waals surface area contributed by atoms with Crippen molar-refractivity contribution in [3.05, 3.63) is 0 Å².